The maximum atomic E-state index is 5.92. The minimum atomic E-state index is 0. The van der Waals surface area contributed by atoms with Gasteiger partial charge in [-0.15, -0.1) is 24.0 Å². The third kappa shape index (κ3) is 5.47. The number of aliphatic imine (C=N–C) groups is 1. The normalized spacial score (nSPS) is 25.9. The summed E-state index contributed by atoms with van der Waals surface area (Å²) in [6, 6.07) is 8.46. The van der Waals surface area contributed by atoms with Gasteiger partial charge in [-0.3, -0.25) is 9.80 Å². The Morgan fingerprint density at radius 2 is 1.88 bits per heavy atom. The Morgan fingerprint density at radius 3 is 2.46 bits per heavy atom. The zero-order valence-corrected chi connectivity index (χ0v) is 17.3. The van der Waals surface area contributed by atoms with Gasteiger partial charge in [0.15, 0.2) is 5.96 Å². The lowest BCUT2D eigenvalue weighted by Gasteiger charge is -2.47. The summed E-state index contributed by atoms with van der Waals surface area (Å²) in [5, 5.41) is 7.59. The van der Waals surface area contributed by atoms with E-state index in [9.17, 15) is 0 Å². The van der Waals surface area contributed by atoms with Crippen molar-refractivity contribution < 1.29 is 0 Å². The van der Waals surface area contributed by atoms with Crippen LogP contribution < -0.4 is 10.6 Å². The summed E-state index contributed by atoms with van der Waals surface area (Å²) in [6.07, 6.45) is 0. The van der Waals surface area contributed by atoms with Crippen LogP contribution in [0.15, 0.2) is 29.3 Å². The van der Waals surface area contributed by atoms with Gasteiger partial charge in [0, 0.05) is 56.9 Å². The number of nitrogens with zero attached hydrogens (tertiary/aromatic N) is 3. The summed E-state index contributed by atoms with van der Waals surface area (Å²) >= 11 is 5.92. The molecule has 3 aliphatic rings. The molecular weight excluding hydrogens is 437 g/mol. The third-order valence-corrected chi connectivity index (χ3v) is 4.83. The van der Waals surface area contributed by atoms with Crippen LogP contribution in [0.4, 0.5) is 0 Å². The summed E-state index contributed by atoms with van der Waals surface area (Å²) in [7, 11) is 0. The van der Waals surface area contributed by atoms with Crippen molar-refractivity contribution >= 4 is 41.5 Å². The van der Waals surface area contributed by atoms with E-state index in [1.165, 1.54) is 32.7 Å². The molecule has 5 nitrogen and oxygen atoms in total. The lowest BCUT2D eigenvalue weighted by atomic mass is 10.1. The molecule has 3 saturated heterocycles. The fourth-order valence-corrected chi connectivity index (χ4v) is 3.36. The lowest BCUT2D eigenvalue weighted by Crippen LogP contribution is -2.63. The largest absolute Gasteiger partial charge is 0.357 e. The van der Waals surface area contributed by atoms with E-state index in [4.69, 9.17) is 11.6 Å². The van der Waals surface area contributed by atoms with E-state index in [-0.39, 0.29) is 24.0 Å². The highest BCUT2D eigenvalue weighted by Crippen LogP contribution is 2.14. The van der Waals surface area contributed by atoms with Crippen molar-refractivity contribution in [3.8, 4) is 0 Å². The van der Waals surface area contributed by atoms with Gasteiger partial charge in [-0.1, -0.05) is 23.7 Å². The van der Waals surface area contributed by atoms with Crippen LogP contribution in [0.3, 0.4) is 0 Å². The monoisotopic (exact) mass is 463 g/mol. The molecule has 2 bridgehead atoms. The average molecular weight is 464 g/mol. The predicted molar refractivity (Wildman–Crippen MR) is 111 cm³/mol. The van der Waals surface area contributed by atoms with Crippen LogP contribution in [0, 0.1) is 0 Å². The Morgan fingerprint density at radius 1 is 1.17 bits per heavy atom. The first kappa shape index (κ1) is 19.8. The van der Waals surface area contributed by atoms with Gasteiger partial charge in [-0.05, 0) is 24.6 Å². The lowest BCUT2D eigenvalue weighted by molar-refractivity contribution is 0.0154. The summed E-state index contributed by atoms with van der Waals surface area (Å²) in [4.78, 5) is 9.83. The van der Waals surface area contributed by atoms with Gasteiger partial charge in [0.2, 0.25) is 0 Å². The third-order valence-electron chi connectivity index (χ3n) is 4.57. The second-order valence-electron chi connectivity index (χ2n) is 6.19. The molecule has 3 aliphatic heterocycles. The summed E-state index contributed by atoms with van der Waals surface area (Å²) < 4.78 is 0. The minimum Gasteiger partial charge on any atom is -0.357 e. The molecule has 134 valence electrons. The molecule has 7 heteroatoms. The fraction of sp³-hybridized carbons (Fsp3) is 0.588. The van der Waals surface area contributed by atoms with E-state index in [2.05, 4.69) is 32.3 Å². The van der Waals surface area contributed by atoms with Crippen LogP contribution in [-0.4, -0.2) is 67.6 Å². The van der Waals surface area contributed by atoms with E-state index in [1.807, 2.05) is 24.3 Å². The molecule has 0 amide bonds. The molecule has 0 saturated carbocycles. The van der Waals surface area contributed by atoms with Crippen molar-refractivity contribution in [3.63, 3.8) is 0 Å². The van der Waals surface area contributed by atoms with Crippen molar-refractivity contribution in [3.05, 3.63) is 34.9 Å². The van der Waals surface area contributed by atoms with Gasteiger partial charge in [0.1, 0.15) is 0 Å². The van der Waals surface area contributed by atoms with E-state index in [0.717, 1.165) is 29.6 Å². The Hall–Kier alpha value is -0.570. The Labute approximate surface area is 166 Å². The number of nitrogens with one attached hydrogen (secondary N) is 2. The molecule has 0 aliphatic carbocycles. The van der Waals surface area contributed by atoms with Gasteiger partial charge < -0.3 is 10.6 Å². The number of hydrogen-bond acceptors (Lipinski definition) is 3. The van der Waals surface area contributed by atoms with Crippen molar-refractivity contribution in [1.82, 2.24) is 20.4 Å². The van der Waals surface area contributed by atoms with E-state index >= 15 is 0 Å². The number of halogens is 2. The molecule has 1 aromatic carbocycles. The smallest absolute Gasteiger partial charge is 0.191 e. The quantitative estimate of drug-likeness (QED) is 0.398. The molecule has 0 spiro atoms. The van der Waals surface area contributed by atoms with Crippen LogP contribution in [0.2, 0.25) is 5.02 Å². The summed E-state index contributed by atoms with van der Waals surface area (Å²) in [6.45, 7) is 10.6. The number of hydrogen-bond donors (Lipinski definition) is 2. The average Bonchev–Trinajstić information content (AvgIpc) is 2.60. The highest BCUT2D eigenvalue weighted by molar-refractivity contribution is 14.0. The van der Waals surface area contributed by atoms with E-state index in [0.29, 0.717) is 12.6 Å². The molecule has 3 fully saturated rings. The van der Waals surface area contributed by atoms with Crippen LogP contribution in [-0.2, 0) is 6.54 Å². The number of rotatable bonds is 5. The number of guanidine groups is 1. The first-order valence-electron chi connectivity index (χ1n) is 8.47. The molecule has 1 atom stereocenters. The fourth-order valence-electron chi connectivity index (χ4n) is 3.23. The number of benzene rings is 1. The van der Waals surface area contributed by atoms with Gasteiger partial charge in [0.05, 0.1) is 6.54 Å². The molecule has 4 rings (SSSR count). The van der Waals surface area contributed by atoms with Gasteiger partial charge in [-0.25, -0.2) is 4.99 Å². The predicted octanol–water partition coefficient (Wildman–Crippen LogP) is 2.01. The second kappa shape index (κ2) is 9.79. The first-order valence-corrected chi connectivity index (χ1v) is 8.85. The van der Waals surface area contributed by atoms with Crippen LogP contribution >= 0.6 is 35.6 Å². The van der Waals surface area contributed by atoms with Gasteiger partial charge in [-0.2, -0.15) is 0 Å². The topological polar surface area (TPSA) is 42.9 Å². The highest BCUT2D eigenvalue weighted by atomic mass is 127. The Kier molecular flexibility index (Phi) is 8.06. The zero-order chi connectivity index (χ0) is 16.1. The Bertz CT molecular complexity index is 528. The van der Waals surface area contributed by atoms with Gasteiger partial charge >= 0.3 is 0 Å². The molecule has 24 heavy (non-hydrogen) atoms. The standard InChI is InChI=1S/C17H26ClN5.HI/c1-2-19-17(20-11-14-3-5-15(18)6-4-14)21-12-16-13-22-7-9-23(16)10-8-22;/h3-6,16H,2,7-13H2,1H3,(H2,19,20,21);1H. The second-order valence-corrected chi connectivity index (χ2v) is 6.63. The maximum absolute atomic E-state index is 5.92. The molecule has 1 aromatic rings. The molecule has 3 heterocycles. The molecule has 2 N–H and O–H groups in total. The van der Waals surface area contributed by atoms with Crippen molar-refractivity contribution in [2.75, 3.05) is 45.8 Å². The molecular formula is C17H27ClIN5. The van der Waals surface area contributed by atoms with E-state index in [1.54, 1.807) is 0 Å². The molecule has 1 unspecified atom stereocenters. The van der Waals surface area contributed by atoms with Crippen molar-refractivity contribution in [2.24, 2.45) is 4.99 Å². The van der Waals surface area contributed by atoms with E-state index < -0.39 is 0 Å². The van der Waals surface area contributed by atoms with Crippen molar-refractivity contribution in [2.45, 2.75) is 19.5 Å². The summed E-state index contributed by atoms with van der Waals surface area (Å²) in [5.74, 6) is 0.889. The Balaban J connectivity index is 0.00000208. The maximum Gasteiger partial charge on any atom is 0.191 e. The molecule has 0 radical (unpaired) electrons. The van der Waals surface area contributed by atoms with Crippen LogP contribution in [0.5, 0.6) is 0 Å². The number of piperazine rings is 3. The molecule has 0 aromatic heterocycles. The van der Waals surface area contributed by atoms with Crippen molar-refractivity contribution in [1.29, 1.82) is 0 Å². The zero-order valence-electron chi connectivity index (χ0n) is 14.2. The summed E-state index contributed by atoms with van der Waals surface area (Å²) in [5.41, 5.74) is 1.16. The SMILES string of the molecule is CCNC(=NCc1ccc(Cl)cc1)NCC1CN2CCN1CC2.I. The van der Waals surface area contributed by atoms with Crippen LogP contribution in [0.25, 0.3) is 0 Å². The highest BCUT2D eigenvalue weighted by Gasteiger charge is 2.31. The van der Waals surface area contributed by atoms with Crippen LogP contribution in [0.1, 0.15) is 12.5 Å². The first-order chi connectivity index (χ1) is 11.2. The minimum absolute atomic E-state index is 0. The number of fused-ring (bicyclic) bond motifs is 3. The van der Waals surface area contributed by atoms with Gasteiger partial charge in [0.25, 0.3) is 0 Å².